The Hall–Kier alpha value is -1.91. The number of hydrogen-bond acceptors (Lipinski definition) is 4. The molecule has 19 heavy (non-hydrogen) atoms. The Morgan fingerprint density at radius 1 is 1.21 bits per heavy atom. The topological polar surface area (TPSA) is 82.8 Å². The average Bonchev–Trinajstić information content (AvgIpc) is 2.41. The van der Waals surface area contributed by atoms with Crippen LogP contribution in [0.15, 0.2) is 52.0 Å². The van der Waals surface area contributed by atoms with Crippen LogP contribution in [-0.2, 0) is 10.0 Å². The van der Waals surface area contributed by atoms with E-state index in [2.05, 4.69) is 25.6 Å². The molecule has 0 bridgehead atoms. The van der Waals surface area contributed by atoms with Crippen molar-refractivity contribution in [1.29, 1.82) is 5.26 Å². The normalized spacial score (nSPS) is 10.7. The minimum absolute atomic E-state index is 0.0732. The zero-order valence-electron chi connectivity index (χ0n) is 9.54. The third kappa shape index (κ3) is 3.10. The van der Waals surface area contributed by atoms with Gasteiger partial charge in [0.1, 0.15) is 0 Å². The van der Waals surface area contributed by atoms with Gasteiger partial charge in [0, 0.05) is 6.20 Å². The summed E-state index contributed by atoms with van der Waals surface area (Å²) in [5.74, 6) is 0.215. The van der Waals surface area contributed by atoms with Crippen molar-refractivity contribution in [2.45, 2.75) is 4.90 Å². The molecule has 0 saturated carbocycles. The van der Waals surface area contributed by atoms with Gasteiger partial charge < -0.3 is 0 Å². The maximum Gasteiger partial charge on any atom is 0.263 e. The summed E-state index contributed by atoms with van der Waals surface area (Å²) in [6, 6.07) is 10.9. The average molecular weight is 338 g/mol. The minimum atomic E-state index is -3.71. The molecule has 96 valence electrons. The maximum absolute atomic E-state index is 12.1. The number of benzene rings is 1. The number of aromatic nitrogens is 1. The zero-order valence-corrected chi connectivity index (χ0v) is 11.9. The van der Waals surface area contributed by atoms with E-state index in [0.717, 1.165) is 0 Å². The smallest absolute Gasteiger partial charge is 0.262 e. The van der Waals surface area contributed by atoms with Gasteiger partial charge in [-0.15, -0.1) is 0 Å². The highest BCUT2D eigenvalue weighted by Crippen LogP contribution is 2.22. The fraction of sp³-hybridized carbons (Fsp3) is 0. The molecule has 0 amide bonds. The first-order valence-electron chi connectivity index (χ1n) is 5.16. The lowest BCUT2D eigenvalue weighted by Gasteiger charge is -2.08. The molecule has 2 rings (SSSR count). The van der Waals surface area contributed by atoms with E-state index in [0.29, 0.717) is 10.0 Å². The number of sulfonamides is 1. The first-order valence-corrected chi connectivity index (χ1v) is 7.44. The van der Waals surface area contributed by atoms with Crippen molar-refractivity contribution in [1.82, 2.24) is 4.98 Å². The van der Waals surface area contributed by atoms with Crippen molar-refractivity contribution in [2.24, 2.45) is 0 Å². The molecule has 1 N–H and O–H groups in total. The number of rotatable bonds is 3. The summed E-state index contributed by atoms with van der Waals surface area (Å²) in [5.41, 5.74) is 0.401. The van der Waals surface area contributed by atoms with Gasteiger partial charge in [-0.05, 0) is 52.3 Å². The van der Waals surface area contributed by atoms with Crippen LogP contribution in [0.2, 0.25) is 0 Å². The summed E-state index contributed by atoms with van der Waals surface area (Å²) in [6.45, 7) is 0. The molecule has 0 unspecified atom stereocenters. The summed E-state index contributed by atoms with van der Waals surface area (Å²) < 4.78 is 27.1. The van der Waals surface area contributed by atoms with Crippen LogP contribution < -0.4 is 4.72 Å². The fourth-order valence-corrected chi connectivity index (χ4v) is 2.87. The number of pyridine rings is 1. The molecule has 1 aromatic heterocycles. The van der Waals surface area contributed by atoms with Gasteiger partial charge in [0.2, 0.25) is 0 Å². The van der Waals surface area contributed by atoms with Crippen molar-refractivity contribution in [3.63, 3.8) is 0 Å². The lowest BCUT2D eigenvalue weighted by Crippen LogP contribution is -2.14. The third-order valence-corrected chi connectivity index (χ3v) is 4.28. The molecule has 0 radical (unpaired) electrons. The number of anilines is 1. The molecule has 0 atom stereocenters. The predicted octanol–water partition coefficient (Wildman–Crippen LogP) is 2.52. The molecular formula is C12H8BrN3O2S. The van der Waals surface area contributed by atoms with Crippen LogP contribution in [0.5, 0.6) is 0 Å². The van der Waals surface area contributed by atoms with Gasteiger partial charge in [0.05, 0.1) is 21.0 Å². The highest BCUT2D eigenvalue weighted by atomic mass is 79.9. The lowest BCUT2D eigenvalue weighted by atomic mass is 10.2. The van der Waals surface area contributed by atoms with Crippen LogP contribution in [-0.4, -0.2) is 13.4 Å². The second-order valence-electron chi connectivity index (χ2n) is 3.58. The van der Waals surface area contributed by atoms with Crippen molar-refractivity contribution in [3.8, 4) is 6.07 Å². The molecule has 0 fully saturated rings. The molecule has 7 heteroatoms. The van der Waals surface area contributed by atoms with Gasteiger partial charge in [0.15, 0.2) is 5.82 Å². The van der Waals surface area contributed by atoms with Crippen molar-refractivity contribution >= 4 is 31.8 Å². The first kappa shape index (κ1) is 13.5. The first-order chi connectivity index (χ1) is 9.03. The largest absolute Gasteiger partial charge is 0.263 e. The molecule has 0 aliphatic rings. The van der Waals surface area contributed by atoms with Crippen LogP contribution in [0, 0.1) is 11.3 Å². The van der Waals surface area contributed by atoms with Gasteiger partial charge in [0.25, 0.3) is 10.0 Å². The molecule has 0 spiro atoms. The van der Waals surface area contributed by atoms with Crippen LogP contribution in [0.1, 0.15) is 5.56 Å². The molecular weight excluding hydrogens is 330 g/mol. The van der Waals surface area contributed by atoms with Crippen LogP contribution >= 0.6 is 15.9 Å². The van der Waals surface area contributed by atoms with Crippen molar-refractivity contribution in [2.75, 3.05) is 4.72 Å². The van der Waals surface area contributed by atoms with E-state index in [1.54, 1.807) is 12.1 Å². The van der Waals surface area contributed by atoms with E-state index in [9.17, 15) is 8.42 Å². The van der Waals surface area contributed by atoms with Gasteiger partial charge in [-0.3, -0.25) is 4.72 Å². The zero-order chi connectivity index (χ0) is 13.9. The minimum Gasteiger partial charge on any atom is -0.262 e. The van der Waals surface area contributed by atoms with Gasteiger partial charge in [-0.1, -0.05) is 0 Å². The standard InChI is InChI=1S/C12H8BrN3O2S/c13-11-2-1-7-15-12(11)16-19(17,18)10-5-3-9(8-14)4-6-10/h1-7H,(H,15,16). The predicted molar refractivity (Wildman–Crippen MR) is 73.9 cm³/mol. The molecule has 2 aromatic rings. The van der Waals surface area contributed by atoms with E-state index >= 15 is 0 Å². The Morgan fingerprint density at radius 2 is 1.89 bits per heavy atom. The number of halogens is 1. The molecule has 1 heterocycles. The Kier molecular flexibility index (Phi) is 3.83. The number of hydrogen-bond donors (Lipinski definition) is 1. The summed E-state index contributed by atoms with van der Waals surface area (Å²) in [6.07, 6.45) is 1.49. The fourth-order valence-electron chi connectivity index (χ4n) is 1.36. The van der Waals surface area contributed by atoms with E-state index in [1.165, 1.54) is 30.5 Å². The van der Waals surface area contributed by atoms with Crippen LogP contribution in [0.3, 0.4) is 0 Å². The van der Waals surface area contributed by atoms with Gasteiger partial charge >= 0.3 is 0 Å². The second kappa shape index (κ2) is 5.38. The Labute approximate surface area is 119 Å². The molecule has 0 aliphatic heterocycles. The SMILES string of the molecule is N#Cc1ccc(S(=O)(=O)Nc2ncccc2Br)cc1. The third-order valence-electron chi connectivity index (χ3n) is 2.28. The number of nitriles is 1. The highest BCUT2D eigenvalue weighted by Gasteiger charge is 2.15. The maximum atomic E-state index is 12.1. The summed E-state index contributed by atoms with van der Waals surface area (Å²) in [5, 5.41) is 8.67. The Morgan fingerprint density at radius 3 is 2.47 bits per heavy atom. The second-order valence-corrected chi connectivity index (χ2v) is 6.11. The number of nitrogens with zero attached hydrogens (tertiary/aromatic N) is 2. The molecule has 1 aromatic carbocycles. The quantitative estimate of drug-likeness (QED) is 0.932. The molecule has 0 saturated heterocycles. The molecule has 5 nitrogen and oxygen atoms in total. The van der Waals surface area contributed by atoms with Gasteiger partial charge in [-0.2, -0.15) is 5.26 Å². The Bertz CT molecular complexity index is 736. The number of nitrogens with one attached hydrogen (secondary N) is 1. The van der Waals surface area contributed by atoms with Crippen LogP contribution in [0.4, 0.5) is 5.82 Å². The van der Waals surface area contributed by atoms with E-state index in [4.69, 9.17) is 5.26 Å². The van der Waals surface area contributed by atoms with E-state index < -0.39 is 10.0 Å². The Balaban J connectivity index is 2.33. The van der Waals surface area contributed by atoms with Crippen molar-refractivity contribution < 1.29 is 8.42 Å². The highest BCUT2D eigenvalue weighted by molar-refractivity contribution is 9.10. The van der Waals surface area contributed by atoms with Crippen LogP contribution in [0.25, 0.3) is 0 Å². The van der Waals surface area contributed by atoms with E-state index in [-0.39, 0.29) is 10.7 Å². The van der Waals surface area contributed by atoms with Gasteiger partial charge in [-0.25, -0.2) is 13.4 Å². The summed E-state index contributed by atoms with van der Waals surface area (Å²) in [4.78, 5) is 4.01. The monoisotopic (exact) mass is 337 g/mol. The summed E-state index contributed by atoms with van der Waals surface area (Å²) in [7, 11) is -3.71. The lowest BCUT2D eigenvalue weighted by molar-refractivity contribution is 0.601. The summed E-state index contributed by atoms with van der Waals surface area (Å²) >= 11 is 3.21. The van der Waals surface area contributed by atoms with Crippen molar-refractivity contribution in [3.05, 3.63) is 52.6 Å². The van der Waals surface area contributed by atoms with E-state index in [1.807, 2.05) is 6.07 Å². The molecule has 0 aliphatic carbocycles.